The maximum absolute atomic E-state index is 12.7. The number of hydrogen-bond acceptors (Lipinski definition) is 3. The highest BCUT2D eigenvalue weighted by atomic mass is 19.1. The quantitative estimate of drug-likeness (QED) is 0.850. The van der Waals surface area contributed by atoms with Crippen molar-refractivity contribution < 1.29 is 13.9 Å². The predicted octanol–water partition coefficient (Wildman–Crippen LogP) is 2.64. The van der Waals surface area contributed by atoms with Crippen LogP contribution in [-0.4, -0.2) is 18.2 Å². The van der Waals surface area contributed by atoms with Gasteiger partial charge >= 0.3 is 0 Å². The van der Waals surface area contributed by atoms with Crippen LogP contribution in [0.3, 0.4) is 0 Å². The summed E-state index contributed by atoms with van der Waals surface area (Å²) in [5.41, 5.74) is 3.53. The number of nitrogens with one attached hydrogen (secondary N) is 1. The van der Waals surface area contributed by atoms with Gasteiger partial charge in [-0.1, -0.05) is 6.42 Å². The lowest BCUT2D eigenvalue weighted by molar-refractivity contribution is -0.123. The van der Waals surface area contributed by atoms with Gasteiger partial charge in [-0.2, -0.15) is 5.10 Å². The van der Waals surface area contributed by atoms with Gasteiger partial charge in [0, 0.05) is 5.71 Å². The minimum absolute atomic E-state index is 0.123. The van der Waals surface area contributed by atoms with Crippen LogP contribution in [0, 0.1) is 5.82 Å². The molecule has 1 fully saturated rings. The van der Waals surface area contributed by atoms with Crippen molar-refractivity contribution in [3.8, 4) is 5.75 Å². The molecule has 102 valence electrons. The predicted molar refractivity (Wildman–Crippen MR) is 70.6 cm³/mol. The normalized spacial score (nSPS) is 14.9. The smallest absolute Gasteiger partial charge is 0.277 e. The van der Waals surface area contributed by atoms with Gasteiger partial charge in [0.25, 0.3) is 5.91 Å². The number of benzene rings is 1. The summed E-state index contributed by atoms with van der Waals surface area (Å²) in [5, 5.41) is 4.09. The lowest BCUT2D eigenvalue weighted by Gasteiger charge is -2.12. The summed E-state index contributed by atoms with van der Waals surface area (Å²) < 4.78 is 17.9. The molecule has 1 aliphatic carbocycles. The van der Waals surface area contributed by atoms with Crippen LogP contribution in [0.25, 0.3) is 0 Å². The van der Waals surface area contributed by atoms with Gasteiger partial charge in [0.05, 0.1) is 0 Å². The first kappa shape index (κ1) is 13.5. The molecule has 0 aliphatic heterocycles. The molecule has 0 bridgehead atoms. The van der Waals surface area contributed by atoms with Crippen molar-refractivity contribution in [2.75, 3.05) is 6.61 Å². The third-order valence-corrected chi connectivity index (χ3v) is 2.95. The average molecular weight is 264 g/mol. The van der Waals surface area contributed by atoms with Gasteiger partial charge in [0.2, 0.25) is 0 Å². The molecule has 1 N–H and O–H groups in total. The summed E-state index contributed by atoms with van der Waals surface area (Å²) in [6.07, 6.45) is 5.43. The van der Waals surface area contributed by atoms with E-state index < -0.39 is 0 Å². The Morgan fingerprint density at radius 1 is 1.21 bits per heavy atom. The number of amides is 1. The van der Waals surface area contributed by atoms with E-state index in [-0.39, 0.29) is 18.3 Å². The van der Waals surface area contributed by atoms with E-state index in [0.29, 0.717) is 5.75 Å². The summed E-state index contributed by atoms with van der Waals surface area (Å²) in [6.45, 7) is -0.123. The SMILES string of the molecule is O=C(COc1ccc(F)cc1)NN=C1CCCCC1. The number of halogens is 1. The molecule has 0 radical (unpaired) electrons. The summed E-state index contributed by atoms with van der Waals surface area (Å²) in [4.78, 5) is 11.5. The molecule has 0 heterocycles. The summed E-state index contributed by atoms with van der Waals surface area (Å²) in [7, 11) is 0. The Morgan fingerprint density at radius 3 is 2.58 bits per heavy atom. The fraction of sp³-hybridized carbons (Fsp3) is 0.429. The molecule has 19 heavy (non-hydrogen) atoms. The Morgan fingerprint density at radius 2 is 1.89 bits per heavy atom. The van der Waals surface area contributed by atoms with E-state index in [1.807, 2.05) is 0 Å². The van der Waals surface area contributed by atoms with Crippen molar-refractivity contribution in [3.63, 3.8) is 0 Å². The van der Waals surface area contributed by atoms with Crippen LogP contribution in [0.1, 0.15) is 32.1 Å². The highest BCUT2D eigenvalue weighted by Gasteiger charge is 2.08. The molecular formula is C14H17FN2O2. The van der Waals surface area contributed by atoms with E-state index >= 15 is 0 Å². The van der Waals surface area contributed by atoms with E-state index in [2.05, 4.69) is 10.5 Å². The lowest BCUT2D eigenvalue weighted by atomic mass is 9.99. The molecule has 0 unspecified atom stereocenters. The maximum atomic E-state index is 12.7. The highest BCUT2D eigenvalue weighted by molar-refractivity contribution is 5.87. The van der Waals surface area contributed by atoms with Gasteiger partial charge in [-0.25, -0.2) is 9.82 Å². The third-order valence-electron chi connectivity index (χ3n) is 2.95. The van der Waals surface area contributed by atoms with Gasteiger partial charge in [-0.3, -0.25) is 4.79 Å². The largest absolute Gasteiger partial charge is 0.484 e. The summed E-state index contributed by atoms with van der Waals surface area (Å²) in [5.74, 6) is -0.176. The number of carbonyl (C=O) groups excluding carboxylic acids is 1. The average Bonchev–Trinajstić information content (AvgIpc) is 2.45. The highest BCUT2D eigenvalue weighted by Crippen LogP contribution is 2.14. The van der Waals surface area contributed by atoms with Crippen molar-refractivity contribution >= 4 is 11.6 Å². The minimum atomic E-state index is -0.333. The Balaban J connectivity index is 1.73. The summed E-state index contributed by atoms with van der Waals surface area (Å²) >= 11 is 0. The molecule has 0 aromatic heterocycles. The molecule has 1 aromatic rings. The Kier molecular flexibility index (Phi) is 4.89. The molecule has 1 saturated carbocycles. The minimum Gasteiger partial charge on any atom is -0.484 e. The van der Waals surface area contributed by atoms with Crippen LogP contribution < -0.4 is 10.2 Å². The molecule has 5 heteroatoms. The zero-order valence-electron chi connectivity index (χ0n) is 10.7. The van der Waals surface area contributed by atoms with Gasteiger partial charge < -0.3 is 4.74 Å². The molecule has 0 saturated heterocycles. The number of nitrogens with zero attached hydrogens (tertiary/aromatic N) is 1. The van der Waals surface area contributed by atoms with Gasteiger partial charge in [-0.15, -0.1) is 0 Å². The number of hydrogen-bond donors (Lipinski definition) is 1. The zero-order chi connectivity index (χ0) is 13.5. The fourth-order valence-corrected chi connectivity index (χ4v) is 1.93. The van der Waals surface area contributed by atoms with E-state index in [1.165, 1.54) is 30.7 Å². The Bertz CT molecular complexity index is 449. The second-order valence-corrected chi connectivity index (χ2v) is 4.52. The van der Waals surface area contributed by atoms with E-state index in [1.54, 1.807) is 0 Å². The van der Waals surface area contributed by atoms with Crippen molar-refractivity contribution in [2.45, 2.75) is 32.1 Å². The number of rotatable bonds is 4. The second kappa shape index (κ2) is 6.87. The van der Waals surface area contributed by atoms with Crippen molar-refractivity contribution in [1.82, 2.24) is 5.43 Å². The summed E-state index contributed by atoms with van der Waals surface area (Å²) in [6, 6.07) is 5.54. The molecule has 0 spiro atoms. The van der Waals surface area contributed by atoms with Crippen LogP contribution in [0.4, 0.5) is 4.39 Å². The molecule has 1 amide bonds. The monoisotopic (exact) mass is 264 g/mol. The van der Waals surface area contributed by atoms with E-state index in [9.17, 15) is 9.18 Å². The first-order chi connectivity index (χ1) is 9.24. The number of carbonyl (C=O) groups is 1. The van der Waals surface area contributed by atoms with Crippen molar-refractivity contribution in [1.29, 1.82) is 0 Å². The standard InChI is InChI=1S/C14H17FN2O2/c15-11-6-8-13(9-7-11)19-10-14(18)17-16-12-4-2-1-3-5-12/h6-9H,1-5,10H2,(H,17,18). The van der Waals surface area contributed by atoms with Gasteiger partial charge in [0.1, 0.15) is 11.6 Å². The van der Waals surface area contributed by atoms with Crippen LogP contribution in [-0.2, 0) is 4.79 Å². The second-order valence-electron chi connectivity index (χ2n) is 4.52. The molecule has 1 aliphatic rings. The van der Waals surface area contributed by atoms with Gasteiger partial charge in [0.15, 0.2) is 6.61 Å². The third kappa shape index (κ3) is 4.69. The lowest BCUT2D eigenvalue weighted by Crippen LogP contribution is -2.26. The first-order valence-corrected chi connectivity index (χ1v) is 6.47. The van der Waals surface area contributed by atoms with Crippen LogP contribution in [0.2, 0.25) is 0 Å². The molecule has 2 rings (SSSR count). The maximum Gasteiger partial charge on any atom is 0.277 e. The topological polar surface area (TPSA) is 50.7 Å². The van der Waals surface area contributed by atoms with E-state index in [0.717, 1.165) is 31.4 Å². The van der Waals surface area contributed by atoms with Gasteiger partial charge in [-0.05, 0) is 49.9 Å². The van der Waals surface area contributed by atoms with Crippen LogP contribution >= 0.6 is 0 Å². The molecule has 0 atom stereocenters. The number of ether oxygens (including phenoxy) is 1. The zero-order valence-corrected chi connectivity index (χ0v) is 10.7. The van der Waals surface area contributed by atoms with Crippen LogP contribution in [0.15, 0.2) is 29.4 Å². The first-order valence-electron chi connectivity index (χ1n) is 6.47. The van der Waals surface area contributed by atoms with Crippen molar-refractivity contribution in [2.24, 2.45) is 5.10 Å². The fourth-order valence-electron chi connectivity index (χ4n) is 1.93. The molecule has 4 nitrogen and oxygen atoms in total. The van der Waals surface area contributed by atoms with Crippen molar-refractivity contribution in [3.05, 3.63) is 30.1 Å². The van der Waals surface area contributed by atoms with Crippen LogP contribution in [0.5, 0.6) is 5.75 Å². The molecule has 1 aromatic carbocycles. The Hall–Kier alpha value is -1.91. The molecular weight excluding hydrogens is 247 g/mol. The Labute approximate surface area is 111 Å². The van der Waals surface area contributed by atoms with E-state index in [4.69, 9.17) is 4.74 Å². The number of hydrazone groups is 1.